The van der Waals surface area contributed by atoms with Crippen LogP contribution in [0.1, 0.15) is 37.1 Å². The molecule has 0 saturated heterocycles. The number of hydrogen-bond acceptors (Lipinski definition) is 2. The minimum Gasteiger partial charge on any atom is -0.353 e. The van der Waals surface area contributed by atoms with Crippen LogP contribution < -0.4 is 5.32 Å². The Balaban J connectivity index is 1.81. The molecule has 0 aliphatic heterocycles. The summed E-state index contributed by atoms with van der Waals surface area (Å²) in [5, 5.41) is 9.93. The van der Waals surface area contributed by atoms with Crippen molar-refractivity contribution in [3.63, 3.8) is 0 Å². The third-order valence-electron chi connectivity index (χ3n) is 2.82. The molecule has 1 aliphatic rings. The highest BCUT2D eigenvalue weighted by Gasteiger charge is 2.17. The van der Waals surface area contributed by atoms with Crippen molar-refractivity contribution < 1.29 is 4.79 Å². The number of amides is 1. The van der Waals surface area contributed by atoms with Gasteiger partial charge in [0.1, 0.15) is 0 Å². The van der Waals surface area contributed by atoms with E-state index in [-0.39, 0.29) is 5.91 Å². The van der Waals surface area contributed by atoms with E-state index >= 15 is 0 Å². The van der Waals surface area contributed by atoms with Gasteiger partial charge in [0.25, 0.3) is 0 Å². The highest BCUT2D eigenvalue weighted by molar-refractivity contribution is 5.78. The van der Waals surface area contributed by atoms with Crippen LogP contribution in [0.3, 0.4) is 0 Å². The van der Waals surface area contributed by atoms with E-state index in [0.717, 1.165) is 24.2 Å². The van der Waals surface area contributed by atoms with Crippen molar-refractivity contribution in [1.29, 1.82) is 0 Å². The van der Waals surface area contributed by atoms with Crippen molar-refractivity contribution in [2.75, 3.05) is 0 Å². The first kappa shape index (κ1) is 10.2. The van der Waals surface area contributed by atoms with Gasteiger partial charge < -0.3 is 5.32 Å². The Morgan fingerprint density at radius 1 is 1.60 bits per heavy atom. The molecule has 4 nitrogen and oxygen atoms in total. The van der Waals surface area contributed by atoms with E-state index in [1.807, 2.05) is 13.0 Å². The molecule has 0 bridgehead atoms. The van der Waals surface area contributed by atoms with Crippen LogP contribution in [0.2, 0.25) is 0 Å². The first-order chi connectivity index (χ1) is 7.24. The predicted molar refractivity (Wildman–Crippen MR) is 57.4 cm³/mol. The van der Waals surface area contributed by atoms with Crippen LogP contribution in [-0.4, -0.2) is 22.1 Å². The van der Waals surface area contributed by atoms with E-state index < -0.39 is 0 Å². The molecule has 4 heteroatoms. The number of carbonyl (C=O) groups excluding carboxylic acids is 1. The third kappa shape index (κ3) is 2.81. The van der Waals surface area contributed by atoms with Crippen LogP contribution in [0.25, 0.3) is 0 Å². The molecular formula is C11H17N3O. The van der Waals surface area contributed by atoms with Crippen LogP contribution in [-0.2, 0) is 11.2 Å². The van der Waals surface area contributed by atoms with Gasteiger partial charge >= 0.3 is 0 Å². The maximum Gasteiger partial charge on any atom is 0.226 e. The molecule has 1 saturated carbocycles. The second kappa shape index (κ2) is 4.47. The molecule has 2 N–H and O–H groups in total. The molecule has 1 aliphatic carbocycles. The molecule has 2 rings (SSSR count). The third-order valence-corrected chi connectivity index (χ3v) is 2.82. The number of nitrogens with one attached hydrogen (secondary N) is 2. The van der Waals surface area contributed by atoms with Gasteiger partial charge in [0.05, 0.1) is 12.1 Å². The Hall–Kier alpha value is -1.32. The van der Waals surface area contributed by atoms with Crippen molar-refractivity contribution in [1.82, 2.24) is 15.5 Å². The quantitative estimate of drug-likeness (QED) is 0.785. The van der Waals surface area contributed by atoms with Gasteiger partial charge in [-0.1, -0.05) is 12.8 Å². The summed E-state index contributed by atoms with van der Waals surface area (Å²) in [4.78, 5) is 11.6. The minimum absolute atomic E-state index is 0.0911. The SMILES string of the molecule is Cc1cc(CC(=O)NC2CCCC2)n[nH]1. The average molecular weight is 207 g/mol. The Bertz CT molecular complexity index is 339. The Kier molecular flexibility index (Phi) is 3.04. The Morgan fingerprint density at radius 3 is 2.93 bits per heavy atom. The summed E-state index contributed by atoms with van der Waals surface area (Å²) in [6.45, 7) is 1.94. The van der Waals surface area contributed by atoms with E-state index in [0.29, 0.717) is 12.5 Å². The summed E-state index contributed by atoms with van der Waals surface area (Å²) in [7, 11) is 0. The number of carbonyl (C=O) groups is 1. The number of aromatic amines is 1. The standard InChI is InChI=1S/C11H17N3O/c1-8-6-10(14-13-8)7-11(15)12-9-4-2-3-5-9/h6,9H,2-5,7H2,1H3,(H,12,15)(H,13,14). The summed E-state index contributed by atoms with van der Waals surface area (Å²) in [6, 6.07) is 2.31. The van der Waals surface area contributed by atoms with Gasteiger partial charge in [-0.3, -0.25) is 9.89 Å². The monoisotopic (exact) mass is 207 g/mol. The first-order valence-corrected chi connectivity index (χ1v) is 5.54. The number of rotatable bonds is 3. The van der Waals surface area contributed by atoms with Gasteiger partial charge in [-0.15, -0.1) is 0 Å². The highest BCUT2D eigenvalue weighted by atomic mass is 16.1. The molecular weight excluding hydrogens is 190 g/mol. The Morgan fingerprint density at radius 2 is 2.33 bits per heavy atom. The molecule has 1 aromatic heterocycles. The Labute approximate surface area is 89.5 Å². The number of aryl methyl sites for hydroxylation is 1. The summed E-state index contributed by atoms with van der Waals surface area (Å²) >= 11 is 0. The van der Waals surface area contributed by atoms with Gasteiger partial charge in [-0.25, -0.2) is 0 Å². The molecule has 0 unspecified atom stereocenters. The molecule has 1 aromatic rings. The molecule has 15 heavy (non-hydrogen) atoms. The van der Waals surface area contributed by atoms with Crippen molar-refractivity contribution in [3.05, 3.63) is 17.5 Å². The van der Waals surface area contributed by atoms with Crippen molar-refractivity contribution in [2.24, 2.45) is 0 Å². The van der Waals surface area contributed by atoms with Crippen LogP contribution in [0, 0.1) is 6.92 Å². The molecule has 82 valence electrons. The van der Waals surface area contributed by atoms with Crippen LogP contribution in [0.15, 0.2) is 6.07 Å². The van der Waals surface area contributed by atoms with Crippen LogP contribution in [0.5, 0.6) is 0 Å². The smallest absolute Gasteiger partial charge is 0.226 e. The second-order valence-electron chi connectivity index (χ2n) is 4.27. The predicted octanol–water partition coefficient (Wildman–Crippen LogP) is 1.32. The van der Waals surface area contributed by atoms with Gasteiger partial charge in [-0.05, 0) is 25.8 Å². The number of aromatic nitrogens is 2. The fraction of sp³-hybridized carbons (Fsp3) is 0.636. The fourth-order valence-corrected chi connectivity index (χ4v) is 2.08. The molecule has 0 spiro atoms. The summed E-state index contributed by atoms with van der Waals surface area (Å²) in [5.41, 5.74) is 1.82. The average Bonchev–Trinajstić information content (AvgIpc) is 2.77. The van der Waals surface area contributed by atoms with Gasteiger partial charge in [0.2, 0.25) is 5.91 Å². The topological polar surface area (TPSA) is 57.8 Å². The van der Waals surface area contributed by atoms with Gasteiger partial charge in [0, 0.05) is 11.7 Å². The van der Waals surface area contributed by atoms with E-state index in [1.165, 1.54) is 12.8 Å². The van der Waals surface area contributed by atoms with Gasteiger partial charge in [0.15, 0.2) is 0 Å². The lowest BCUT2D eigenvalue weighted by atomic mass is 10.2. The zero-order valence-corrected chi connectivity index (χ0v) is 9.05. The van der Waals surface area contributed by atoms with Crippen LogP contribution >= 0.6 is 0 Å². The molecule has 1 fully saturated rings. The number of hydrogen-bond donors (Lipinski definition) is 2. The number of nitrogens with zero attached hydrogens (tertiary/aromatic N) is 1. The second-order valence-corrected chi connectivity index (χ2v) is 4.27. The van der Waals surface area contributed by atoms with E-state index in [2.05, 4.69) is 15.5 Å². The maximum atomic E-state index is 11.6. The summed E-state index contributed by atoms with van der Waals surface area (Å²) in [6.07, 6.45) is 5.14. The molecule has 1 heterocycles. The van der Waals surface area contributed by atoms with Crippen molar-refractivity contribution >= 4 is 5.91 Å². The molecule has 0 aromatic carbocycles. The summed E-state index contributed by atoms with van der Waals surface area (Å²) in [5.74, 6) is 0.0911. The van der Waals surface area contributed by atoms with Gasteiger partial charge in [-0.2, -0.15) is 5.10 Å². The minimum atomic E-state index is 0.0911. The first-order valence-electron chi connectivity index (χ1n) is 5.54. The normalized spacial score (nSPS) is 16.9. The highest BCUT2D eigenvalue weighted by Crippen LogP contribution is 2.17. The fourth-order valence-electron chi connectivity index (χ4n) is 2.08. The van der Waals surface area contributed by atoms with Crippen LogP contribution in [0.4, 0.5) is 0 Å². The lowest BCUT2D eigenvalue weighted by molar-refractivity contribution is -0.121. The lowest BCUT2D eigenvalue weighted by Crippen LogP contribution is -2.33. The molecule has 1 amide bonds. The van der Waals surface area contributed by atoms with E-state index in [4.69, 9.17) is 0 Å². The van der Waals surface area contributed by atoms with E-state index in [1.54, 1.807) is 0 Å². The lowest BCUT2D eigenvalue weighted by Gasteiger charge is -2.10. The van der Waals surface area contributed by atoms with Crippen molar-refractivity contribution in [3.8, 4) is 0 Å². The van der Waals surface area contributed by atoms with Crippen molar-refractivity contribution in [2.45, 2.75) is 45.1 Å². The number of H-pyrrole nitrogens is 1. The maximum absolute atomic E-state index is 11.6. The molecule has 0 atom stereocenters. The zero-order chi connectivity index (χ0) is 10.7. The zero-order valence-electron chi connectivity index (χ0n) is 9.05. The summed E-state index contributed by atoms with van der Waals surface area (Å²) < 4.78 is 0. The molecule has 0 radical (unpaired) electrons. The van der Waals surface area contributed by atoms with E-state index in [9.17, 15) is 4.79 Å². The largest absolute Gasteiger partial charge is 0.353 e.